The standard InChI is InChI=1S/C17H27NS/c19-15-9-5-3-1-2-4-8-13-18-14-12-16-10-6-7-11-17(16)18/h6-7,10-11,19H,1-5,8-9,12-15H2. The van der Waals surface area contributed by atoms with Gasteiger partial charge in [0.2, 0.25) is 0 Å². The van der Waals surface area contributed by atoms with Crippen molar-refractivity contribution in [1.82, 2.24) is 0 Å². The van der Waals surface area contributed by atoms with E-state index < -0.39 is 0 Å². The van der Waals surface area contributed by atoms with Crippen molar-refractivity contribution in [2.75, 3.05) is 23.7 Å². The Bertz CT molecular complexity index is 364. The highest BCUT2D eigenvalue weighted by atomic mass is 32.1. The quantitative estimate of drug-likeness (QED) is 0.505. The van der Waals surface area contributed by atoms with Gasteiger partial charge in [0.05, 0.1) is 0 Å². The Labute approximate surface area is 123 Å². The Balaban J connectivity index is 1.55. The maximum absolute atomic E-state index is 4.25. The minimum atomic E-state index is 1.05. The number of anilines is 1. The molecule has 0 aromatic heterocycles. The van der Waals surface area contributed by atoms with Crippen molar-refractivity contribution in [3.63, 3.8) is 0 Å². The van der Waals surface area contributed by atoms with E-state index in [2.05, 4.69) is 41.8 Å². The highest BCUT2D eigenvalue weighted by molar-refractivity contribution is 7.80. The number of unbranched alkanes of at least 4 members (excludes halogenated alkanes) is 6. The summed E-state index contributed by atoms with van der Waals surface area (Å²) in [6.45, 7) is 2.47. The van der Waals surface area contributed by atoms with E-state index >= 15 is 0 Å². The van der Waals surface area contributed by atoms with Gasteiger partial charge in [-0.3, -0.25) is 0 Å². The van der Waals surface area contributed by atoms with E-state index in [9.17, 15) is 0 Å². The Kier molecular flexibility index (Phi) is 6.63. The summed E-state index contributed by atoms with van der Waals surface area (Å²) in [6.07, 6.45) is 10.8. The lowest BCUT2D eigenvalue weighted by Gasteiger charge is -2.19. The van der Waals surface area contributed by atoms with Crippen molar-refractivity contribution in [3.05, 3.63) is 29.8 Å². The second-order valence-electron chi connectivity index (χ2n) is 5.56. The van der Waals surface area contributed by atoms with Crippen LogP contribution in [-0.4, -0.2) is 18.8 Å². The second kappa shape index (κ2) is 8.52. The van der Waals surface area contributed by atoms with Crippen LogP contribution in [-0.2, 0) is 6.42 Å². The van der Waals surface area contributed by atoms with Crippen LogP contribution in [0, 0.1) is 0 Å². The zero-order valence-corrected chi connectivity index (χ0v) is 12.9. The Hall–Kier alpha value is -0.630. The first-order chi connectivity index (χ1) is 9.42. The molecule has 0 atom stereocenters. The van der Waals surface area contributed by atoms with Gasteiger partial charge in [-0.1, -0.05) is 50.3 Å². The molecule has 1 heterocycles. The molecule has 0 amide bonds. The number of hydrogen-bond donors (Lipinski definition) is 1. The predicted octanol–water partition coefficient (Wildman–Crippen LogP) is 4.71. The van der Waals surface area contributed by atoms with E-state index in [0.29, 0.717) is 0 Å². The first kappa shape index (κ1) is 14.8. The number of hydrogen-bond acceptors (Lipinski definition) is 2. The summed E-state index contributed by atoms with van der Waals surface area (Å²) in [5.41, 5.74) is 3.02. The van der Waals surface area contributed by atoms with Crippen molar-refractivity contribution in [2.24, 2.45) is 0 Å². The van der Waals surface area contributed by atoms with Crippen LogP contribution in [0.5, 0.6) is 0 Å². The second-order valence-corrected chi connectivity index (χ2v) is 6.01. The van der Waals surface area contributed by atoms with E-state index in [0.717, 1.165) is 5.75 Å². The van der Waals surface area contributed by atoms with Crippen molar-refractivity contribution in [1.29, 1.82) is 0 Å². The molecule has 0 unspecified atom stereocenters. The van der Waals surface area contributed by atoms with E-state index in [1.54, 1.807) is 0 Å². The molecule has 1 aliphatic heterocycles. The monoisotopic (exact) mass is 277 g/mol. The number of fused-ring (bicyclic) bond motifs is 1. The minimum Gasteiger partial charge on any atom is -0.371 e. The van der Waals surface area contributed by atoms with Crippen LogP contribution >= 0.6 is 12.6 Å². The van der Waals surface area contributed by atoms with Gasteiger partial charge in [0.1, 0.15) is 0 Å². The summed E-state index contributed by atoms with van der Waals surface area (Å²) in [5, 5.41) is 0. The number of thiol groups is 1. The van der Waals surface area contributed by atoms with Crippen molar-refractivity contribution >= 4 is 18.3 Å². The summed E-state index contributed by atoms with van der Waals surface area (Å²) >= 11 is 4.25. The van der Waals surface area contributed by atoms with Gasteiger partial charge < -0.3 is 4.90 Å². The van der Waals surface area contributed by atoms with E-state index in [1.165, 1.54) is 75.7 Å². The highest BCUT2D eigenvalue weighted by Crippen LogP contribution is 2.27. The van der Waals surface area contributed by atoms with Gasteiger partial charge in [0.15, 0.2) is 0 Å². The van der Waals surface area contributed by atoms with Crippen LogP contribution in [0.2, 0.25) is 0 Å². The van der Waals surface area contributed by atoms with Gasteiger partial charge in [0, 0.05) is 18.8 Å². The summed E-state index contributed by atoms with van der Waals surface area (Å²) < 4.78 is 0. The van der Waals surface area contributed by atoms with Gasteiger partial charge in [-0.15, -0.1) is 0 Å². The molecule has 1 aromatic rings. The molecular formula is C17H27NS. The average Bonchev–Trinajstić information content (AvgIpc) is 2.85. The molecule has 0 saturated heterocycles. The maximum atomic E-state index is 4.25. The van der Waals surface area contributed by atoms with Crippen LogP contribution in [0.3, 0.4) is 0 Å². The Morgan fingerprint density at radius 1 is 0.895 bits per heavy atom. The molecule has 19 heavy (non-hydrogen) atoms. The number of rotatable bonds is 9. The molecular weight excluding hydrogens is 250 g/mol. The lowest BCUT2D eigenvalue weighted by atomic mass is 10.1. The normalized spacial score (nSPS) is 13.8. The third kappa shape index (κ3) is 4.76. The summed E-state index contributed by atoms with van der Waals surface area (Å²) in [6, 6.07) is 8.88. The predicted molar refractivity (Wildman–Crippen MR) is 88.5 cm³/mol. The molecule has 0 spiro atoms. The molecule has 0 N–H and O–H groups in total. The van der Waals surface area contributed by atoms with Crippen molar-refractivity contribution in [3.8, 4) is 0 Å². The topological polar surface area (TPSA) is 3.24 Å². The maximum Gasteiger partial charge on any atom is 0.0399 e. The van der Waals surface area contributed by atoms with Gasteiger partial charge in [-0.05, 0) is 36.6 Å². The molecule has 0 saturated carbocycles. The first-order valence-corrected chi connectivity index (χ1v) is 8.49. The van der Waals surface area contributed by atoms with Gasteiger partial charge in [-0.25, -0.2) is 0 Å². The van der Waals surface area contributed by atoms with Crippen LogP contribution in [0.4, 0.5) is 5.69 Å². The highest BCUT2D eigenvalue weighted by Gasteiger charge is 2.16. The van der Waals surface area contributed by atoms with Crippen molar-refractivity contribution < 1.29 is 0 Å². The fourth-order valence-corrected chi connectivity index (χ4v) is 3.16. The fraction of sp³-hybridized carbons (Fsp3) is 0.647. The summed E-state index contributed by atoms with van der Waals surface area (Å²) in [5.74, 6) is 1.05. The zero-order chi connectivity index (χ0) is 13.3. The molecule has 106 valence electrons. The van der Waals surface area contributed by atoms with Gasteiger partial charge >= 0.3 is 0 Å². The van der Waals surface area contributed by atoms with Crippen LogP contribution in [0.25, 0.3) is 0 Å². The van der Waals surface area contributed by atoms with E-state index in [4.69, 9.17) is 0 Å². The van der Waals surface area contributed by atoms with E-state index in [-0.39, 0.29) is 0 Å². The molecule has 0 fully saturated rings. The molecule has 1 aromatic carbocycles. The van der Waals surface area contributed by atoms with Gasteiger partial charge in [0.25, 0.3) is 0 Å². The molecule has 0 bridgehead atoms. The third-order valence-corrected chi connectivity index (χ3v) is 4.39. The Morgan fingerprint density at radius 3 is 2.37 bits per heavy atom. The third-order valence-electron chi connectivity index (χ3n) is 4.07. The van der Waals surface area contributed by atoms with Crippen LogP contribution < -0.4 is 4.90 Å². The van der Waals surface area contributed by atoms with Crippen LogP contribution in [0.15, 0.2) is 24.3 Å². The molecule has 0 aliphatic carbocycles. The number of para-hydroxylation sites is 1. The zero-order valence-electron chi connectivity index (χ0n) is 12.0. The molecule has 0 radical (unpaired) electrons. The van der Waals surface area contributed by atoms with Crippen LogP contribution in [0.1, 0.15) is 50.5 Å². The van der Waals surface area contributed by atoms with Crippen molar-refractivity contribution in [2.45, 2.75) is 51.4 Å². The smallest absolute Gasteiger partial charge is 0.0399 e. The van der Waals surface area contributed by atoms with E-state index in [1.807, 2.05) is 0 Å². The molecule has 1 aliphatic rings. The number of benzene rings is 1. The molecule has 2 rings (SSSR count). The minimum absolute atomic E-state index is 1.05. The largest absolute Gasteiger partial charge is 0.371 e. The lowest BCUT2D eigenvalue weighted by molar-refractivity contribution is 0.587. The summed E-state index contributed by atoms with van der Waals surface area (Å²) in [7, 11) is 0. The Morgan fingerprint density at radius 2 is 1.58 bits per heavy atom. The summed E-state index contributed by atoms with van der Waals surface area (Å²) in [4.78, 5) is 2.57. The first-order valence-electron chi connectivity index (χ1n) is 7.85. The number of nitrogens with zero attached hydrogens (tertiary/aromatic N) is 1. The van der Waals surface area contributed by atoms with Gasteiger partial charge in [-0.2, -0.15) is 12.6 Å². The molecule has 1 nitrogen and oxygen atoms in total. The SMILES string of the molecule is SCCCCCCCCCN1CCc2ccccc21. The average molecular weight is 277 g/mol. The lowest BCUT2D eigenvalue weighted by Crippen LogP contribution is -2.21. The fourth-order valence-electron chi connectivity index (χ4n) is 2.94. The molecule has 2 heteroatoms.